The SMILES string of the molecule is CCN(CC)S(=O)(=O)c1ccc(NC(=O)CCC(=O)N2CCC(c3ccccc3)=N2)cc1. The van der Waals surface area contributed by atoms with Crippen LogP contribution in [0.15, 0.2) is 64.6 Å². The number of rotatable bonds is 9. The zero-order valence-corrected chi connectivity index (χ0v) is 19.1. The lowest BCUT2D eigenvalue weighted by Gasteiger charge is -2.18. The van der Waals surface area contributed by atoms with Crippen molar-refractivity contribution in [2.24, 2.45) is 5.10 Å². The van der Waals surface area contributed by atoms with Gasteiger partial charge in [-0.2, -0.15) is 9.41 Å². The van der Waals surface area contributed by atoms with Crippen LogP contribution in [0.2, 0.25) is 0 Å². The monoisotopic (exact) mass is 456 g/mol. The van der Waals surface area contributed by atoms with Crippen molar-refractivity contribution in [2.75, 3.05) is 25.0 Å². The molecule has 0 bridgehead atoms. The smallest absolute Gasteiger partial charge is 0.243 e. The molecular formula is C23H28N4O4S. The fourth-order valence-electron chi connectivity index (χ4n) is 3.47. The third-order valence-electron chi connectivity index (χ3n) is 5.24. The highest BCUT2D eigenvalue weighted by Crippen LogP contribution is 2.19. The van der Waals surface area contributed by atoms with E-state index in [0.29, 0.717) is 31.7 Å². The highest BCUT2D eigenvalue weighted by Gasteiger charge is 2.23. The van der Waals surface area contributed by atoms with E-state index in [2.05, 4.69) is 10.4 Å². The molecule has 1 aliphatic heterocycles. The molecule has 2 amide bonds. The Labute approximate surface area is 189 Å². The van der Waals surface area contributed by atoms with E-state index < -0.39 is 10.0 Å². The van der Waals surface area contributed by atoms with Gasteiger partial charge in [-0.15, -0.1) is 0 Å². The zero-order valence-electron chi connectivity index (χ0n) is 18.3. The summed E-state index contributed by atoms with van der Waals surface area (Å²) in [5.41, 5.74) is 2.33. The number of hydrazone groups is 1. The molecule has 32 heavy (non-hydrogen) atoms. The Morgan fingerprint density at radius 1 is 1.00 bits per heavy atom. The molecule has 0 atom stereocenters. The van der Waals surface area contributed by atoms with Gasteiger partial charge in [-0.3, -0.25) is 9.59 Å². The lowest BCUT2D eigenvalue weighted by atomic mass is 10.1. The number of benzene rings is 2. The molecule has 0 aliphatic carbocycles. The van der Waals surface area contributed by atoms with Crippen LogP contribution in [0.1, 0.15) is 38.7 Å². The first-order chi connectivity index (χ1) is 15.3. The maximum absolute atomic E-state index is 12.5. The first-order valence-corrected chi connectivity index (χ1v) is 12.1. The van der Waals surface area contributed by atoms with Gasteiger partial charge in [0.25, 0.3) is 0 Å². The molecule has 0 saturated heterocycles. The quantitative estimate of drug-likeness (QED) is 0.627. The van der Waals surface area contributed by atoms with E-state index in [9.17, 15) is 18.0 Å². The molecule has 3 rings (SSSR count). The summed E-state index contributed by atoms with van der Waals surface area (Å²) in [4.78, 5) is 24.9. The summed E-state index contributed by atoms with van der Waals surface area (Å²) in [5, 5.41) is 8.51. The number of amides is 2. The minimum absolute atomic E-state index is 0.0189. The van der Waals surface area contributed by atoms with Gasteiger partial charge in [0.2, 0.25) is 21.8 Å². The first kappa shape index (κ1) is 23.6. The van der Waals surface area contributed by atoms with Gasteiger partial charge in [-0.25, -0.2) is 13.4 Å². The molecule has 0 fully saturated rings. The average molecular weight is 457 g/mol. The van der Waals surface area contributed by atoms with E-state index in [0.717, 1.165) is 11.3 Å². The Morgan fingerprint density at radius 2 is 1.66 bits per heavy atom. The number of anilines is 1. The van der Waals surface area contributed by atoms with E-state index in [1.165, 1.54) is 21.4 Å². The van der Waals surface area contributed by atoms with Gasteiger partial charge in [0, 0.05) is 38.0 Å². The number of nitrogens with one attached hydrogen (secondary N) is 1. The highest BCUT2D eigenvalue weighted by atomic mass is 32.2. The number of nitrogens with zero attached hydrogens (tertiary/aromatic N) is 3. The van der Waals surface area contributed by atoms with Crippen LogP contribution in [0.4, 0.5) is 5.69 Å². The van der Waals surface area contributed by atoms with Crippen molar-refractivity contribution < 1.29 is 18.0 Å². The van der Waals surface area contributed by atoms with Crippen molar-refractivity contribution in [2.45, 2.75) is 38.0 Å². The molecular weight excluding hydrogens is 428 g/mol. The van der Waals surface area contributed by atoms with Crippen LogP contribution in [0.5, 0.6) is 0 Å². The Bertz CT molecular complexity index is 1080. The number of hydrogen-bond acceptors (Lipinski definition) is 5. The fraction of sp³-hybridized carbons (Fsp3) is 0.348. The van der Waals surface area contributed by atoms with Crippen LogP contribution in [0, 0.1) is 0 Å². The maximum Gasteiger partial charge on any atom is 0.243 e. The van der Waals surface area contributed by atoms with Crippen LogP contribution < -0.4 is 5.32 Å². The van der Waals surface area contributed by atoms with Gasteiger partial charge in [0.1, 0.15) is 0 Å². The molecule has 2 aromatic carbocycles. The van der Waals surface area contributed by atoms with Crippen LogP contribution in [0.3, 0.4) is 0 Å². The molecule has 0 radical (unpaired) electrons. The summed E-state index contributed by atoms with van der Waals surface area (Å²) >= 11 is 0. The number of carbonyl (C=O) groups is 2. The van der Waals surface area contributed by atoms with Gasteiger partial charge in [0.05, 0.1) is 17.2 Å². The average Bonchev–Trinajstić information content (AvgIpc) is 3.29. The highest BCUT2D eigenvalue weighted by molar-refractivity contribution is 7.89. The van der Waals surface area contributed by atoms with E-state index in [1.54, 1.807) is 26.0 Å². The Kier molecular flexibility index (Phi) is 7.76. The summed E-state index contributed by atoms with van der Waals surface area (Å²) in [6.45, 7) is 4.85. The van der Waals surface area contributed by atoms with Crippen molar-refractivity contribution in [3.8, 4) is 0 Å². The van der Waals surface area contributed by atoms with E-state index >= 15 is 0 Å². The summed E-state index contributed by atoms with van der Waals surface area (Å²) in [6.07, 6.45) is 0.752. The normalized spacial score (nSPS) is 13.8. The van der Waals surface area contributed by atoms with Crippen LogP contribution in [-0.2, 0) is 19.6 Å². The third-order valence-corrected chi connectivity index (χ3v) is 7.31. The second-order valence-electron chi connectivity index (χ2n) is 7.34. The van der Waals surface area contributed by atoms with Crippen molar-refractivity contribution in [1.29, 1.82) is 0 Å². The molecule has 170 valence electrons. The molecule has 0 aromatic heterocycles. The molecule has 1 heterocycles. The number of sulfonamides is 1. The molecule has 1 aliphatic rings. The lowest BCUT2D eigenvalue weighted by Crippen LogP contribution is -2.30. The Hall–Kier alpha value is -3.04. The molecule has 0 spiro atoms. The van der Waals surface area contributed by atoms with Gasteiger partial charge in [-0.1, -0.05) is 44.2 Å². The van der Waals surface area contributed by atoms with Crippen LogP contribution in [0.25, 0.3) is 0 Å². The molecule has 8 nitrogen and oxygen atoms in total. The van der Waals surface area contributed by atoms with Crippen molar-refractivity contribution >= 4 is 33.2 Å². The molecule has 2 aromatic rings. The second kappa shape index (κ2) is 10.5. The topological polar surface area (TPSA) is 99.2 Å². The minimum atomic E-state index is -3.54. The standard InChI is InChI=1S/C23H28N4O4S/c1-3-26(4-2)32(30,31)20-12-10-19(11-13-20)24-22(28)14-15-23(29)27-17-16-21(25-27)18-8-6-5-7-9-18/h5-13H,3-4,14-17H2,1-2H3,(H,24,28). The predicted octanol–water partition coefficient (Wildman–Crippen LogP) is 3.07. The Balaban J connectivity index is 1.52. The van der Waals surface area contributed by atoms with Crippen LogP contribution in [-0.4, -0.2) is 54.9 Å². The molecule has 1 N–H and O–H groups in total. The van der Waals surface area contributed by atoms with Gasteiger partial charge in [0.15, 0.2) is 0 Å². The molecule has 0 saturated carbocycles. The van der Waals surface area contributed by atoms with Gasteiger partial charge >= 0.3 is 0 Å². The van der Waals surface area contributed by atoms with Crippen molar-refractivity contribution in [1.82, 2.24) is 9.31 Å². The summed E-state index contributed by atoms with van der Waals surface area (Å²) in [5.74, 6) is -0.518. The zero-order chi connectivity index (χ0) is 23.1. The summed E-state index contributed by atoms with van der Waals surface area (Å²) in [6, 6.07) is 15.7. The number of hydrogen-bond donors (Lipinski definition) is 1. The third kappa shape index (κ3) is 5.60. The van der Waals surface area contributed by atoms with Crippen molar-refractivity contribution in [3.63, 3.8) is 0 Å². The van der Waals surface area contributed by atoms with Gasteiger partial charge in [-0.05, 0) is 29.8 Å². The Morgan fingerprint density at radius 3 is 2.28 bits per heavy atom. The minimum Gasteiger partial charge on any atom is -0.326 e. The summed E-state index contributed by atoms with van der Waals surface area (Å²) in [7, 11) is -3.54. The van der Waals surface area contributed by atoms with E-state index in [1.807, 2.05) is 30.3 Å². The van der Waals surface area contributed by atoms with Crippen LogP contribution >= 0.6 is 0 Å². The largest absolute Gasteiger partial charge is 0.326 e. The predicted molar refractivity (Wildman–Crippen MR) is 124 cm³/mol. The molecule has 9 heteroatoms. The number of carbonyl (C=O) groups excluding carboxylic acids is 2. The van der Waals surface area contributed by atoms with E-state index in [4.69, 9.17) is 0 Å². The van der Waals surface area contributed by atoms with Gasteiger partial charge < -0.3 is 5.32 Å². The fourth-order valence-corrected chi connectivity index (χ4v) is 4.92. The van der Waals surface area contributed by atoms with E-state index in [-0.39, 0.29) is 29.6 Å². The van der Waals surface area contributed by atoms with Crippen molar-refractivity contribution in [3.05, 3.63) is 60.2 Å². The molecule has 0 unspecified atom stereocenters. The second-order valence-corrected chi connectivity index (χ2v) is 9.28. The summed E-state index contributed by atoms with van der Waals surface area (Å²) < 4.78 is 26.4. The lowest BCUT2D eigenvalue weighted by molar-refractivity contribution is -0.132. The maximum atomic E-state index is 12.5. The first-order valence-electron chi connectivity index (χ1n) is 10.7.